The first kappa shape index (κ1) is 24.0. The Labute approximate surface area is 173 Å². The number of nitrogens with two attached hydrogens (primary N) is 2. The fourth-order valence-electron chi connectivity index (χ4n) is 2.52. The van der Waals surface area contributed by atoms with Crippen molar-refractivity contribution in [2.24, 2.45) is 16.6 Å². The molecule has 160 valence electrons. The highest BCUT2D eigenvalue weighted by Gasteiger charge is 2.11. The van der Waals surface area contributed by atoms with Crippen molar-refractivity contribution in [1.82, 2.24) is 0 Å². The summed E-state index contributed by atoms with van der Waals surface area (Å²) in [5.74, 6) is 0.552. The average Bonchev–Trinajstić information content (AvgIpc) is 2.71. The summed E-state index contributed by atoms with van der Waals surface area (Å²) >= 11 is 0. The fraction of sp³-hybridized carbons (Fsp3) is 0.200. The molecule has 2 aromatic rings. The molecule has 0 atom stereocenters. The number of guanidine groups is 1. The smallest absolute Gasteiger partial charge is 0.362 e. The second-order valence-corrected chi connectivity index (χ2v) is 5.95. The standard InChI is InChI=1S/C20H24N4O2.NO3/c1-3-7-17(23-24-20(21)22)16(15-8-5-4-6-9-15)12-14-10-11-18(25)19(13-14)26-2;2-1(3)4/h4-6,8-13,25H,3,7H2,1-2H3,(H4,21,22,24);/q;-1/p+1/b16-12-,23-17+;. The van der Waals surface area contributed by atoms with Crippen molar-refractivity contribution in [3.8, 4) is 11.5 Å². The van der Waals surface area contributed by atoms with E-state index in [4.69, 9.17) is 31.5 Å². The lowest BCUT2D eigenvalue weighted by molar-refractivity contribution is -0.464. The minimum Gasteiger partial charge on any atom is -0.504 e. The number of methoxy groups -OCH3 is 1. The van der Waals surface area contributed by atoms with Gasteiger partial charge in [-0.15, -0.1) is 5.10 Å². The number of rotatable bonds is 7. The van der Waals surface area contributed by atoms with E-state index in [0.29, 0.717) is 5.75 Å². The molecule has 0 spiro atoms. The van der Waals surface area contributed by atoms with E-state index in [1.807, 2.05) is 42.5 Å². The van der Waals surface area contributed by atoms with Gasteiger partial charge in [0.15, 0.2) is 11.5 Å². The number of allylic oxidation sites excluding steroid dienone is 1. The molecule has 0 aromatic heterocycles. The number of ether oxygens (including phenoxy) is 1. The van der Waals surface area contributed by atoms with Crippen LogP contribution in [0.3, 0.4) is 0 Å². The molecule has 30 heavy (non-hydrogen) atoms. The molecule has 0 aliphatic heterocycles. The Morgan fingerprint density at radius 1 is 1.23 bits per heavy atom. The first-order valence-electron chi connectivity index (χ1n) is 8.94. The highest BCUT2D eigenvalue weighted by atomic mass is 16.9. The van der Waals surface area contributed by atoms with Crippen LogP contribution in [0.2, 0.25) is 0 Å². The summed E-state index contributed by atoms with van der Waals surface area (Å²) in [6, 6.07) is 15.1. The molecule has 2 rings (SSSR count). The number of hydrazone groups is 1. The van der Waals surface area contributed by atoms with Gasteiger partial charge in [-0.25, -0.2) is 0 Å². The van der Waals surface area contributed by atoms with Crippen LogP contribution in [0, 0.1) is 15.3 Å². The van der Waals surface area contributed by atoms with Crippen molar-refractivity contribution in [2.45, 2.75) is 19.8 Å². The van der Waals surface area contributed by atoms with E-state index in [2.05, 4.69) is 17.1 Å². The molecule has 2 aromatic carbocycles. The van der Waals surface area contributed by atoms with E-state index in [1.165, 1.54) is 7.11 Å². The van der Waals surface area contributed by atoms with Crippen LogP contribution < -0.4 is 21.3 Å². The van der Waals surface area contributed by atoms with E-state index in [-0.39, 0.29) is 11.7 Å². The van der Waals surface area contributed by atoms with Crippen molar-refractivity contribution in [3.05, 3.63) is 75.0 Å². The minimum absolute atomic E-state index is 0.0392. The van der Waals surface area contributed by atoms with E-state index in [1.54, 1.807) is 12.1 Å². The van der Waals surface area contributed by atoms with Gasteiger partial charge in [0.05, 0.1) is 17.9 Å². The molecule has 10 nitrogen and oxygen atoms in total. The van der Waals surface area contributed by atoms with Crippen molar-refractivity contribution in [2.75, 3.05) is 7.11 Å². The molecule has 10 heteroatoms. The van der Waals surface area contributed by atoms with Crippen LogP contribution in [-0.2, 0) is 0 Å². The zero-order valence-electron chi connectivity index (χ0n) is 16.7. The number of phenols is 1. The average molecular weight is 415 g/mol. The van der Waals surface area contributed by atoms with Gasteiger partial charge in [-0.05, 0) is 35.8 Å². The number of nitrogens with one attached hydrogen (secondary N) is 1. The predicted octanol–water partition coefficient (Wildman–Crippen LogP) is 1.21. The number of nitrogens with zero attached hydrogens (tertiary/aromatic N) is 2. The predicted molar refractivity (Wildman–Crippen MR) is 116 cm³/mol. The second-order valence-electron chi connectivity index (χ2n) is 5.95. The highest BCUT2D eigenvalue weighted by Crippen LogP contribution is 2.29. The molecule has 0 aliphatic rings. The summed E-state index contributed by atoms with van der Waals surface area (Å²) in [4.78, 5) is 8.25. The van der Waals surface area contributed by atoms with Crippen LogP contribution in [0.1, 0.15) is 30.9 Å². The Kier molecular flexibility index (Phi) is 9.90. The third kappa shape index (κ3) is 8.30. The van der Waals surface area contributed by atoms with Crippen molar-refractivity contribution < 1.29 is 20.0 Å². The Balaban J connectivity index is 0.00000103. The zero-order chi connectivity index (χ0) is 22.5. The van der Waals surface area contributed by atoms with Crippen molar-refractivity contribution in [3.63, 3.8) is 0 Å². The highest BCUT2D eigenvalue weighted by molar-refractivity contribution is 6.27. The van der Waals surface area contributed by atoms with Gasteiger partial charge in [0.2, 0.25) is 0 Å². The normalized spacial score (nSPS) is 11.1. The number of hydrogen-bond acceptors (Lipinski definition) is 6. The van der Waals surface area contributed by atoms with Gasteiger partial charge in [-0.3, -0.25) is 11.5 Å². The quantitative estimate of drug-likeness (QED) is 0.173. The third-order valence-corrected chi connectivity index (χ3v) is 3.72. The Bertz CT molecular complexity index is 918. The summed E-state index contributed by atoms with van der Waals surface area (Å²) in [6.45, 7) is 2.08. The number of benzene rings is 2. The van der Waals surface area contributed by atoms with E-state index in [9.17, 15) is 5.11 Å². The van der Waals surface area contributed by atoms with E-state index >= 15 is 0 Å². The zero-order valence-corrected chi connectivity index (χ0v) is 16.7. The van der Waals surface area contributed by atoms with Crippen LogP contribution in [0.15, 0.2) is 53.6 Å². The maximum absolute atomic E-state index is 9.81. The molecule has 0 fully saturated rings. The molecule has 6 N–H and O–H groups in total. The second kappa shape index (κ2) is 12.4. The Hall–Kier alpha value is -4.08. The van der Waals surface area contributed by atoms with E-state index < -0.39 is 5.09 Å². The van der Waals surface area contributed by atoms with E-state index in [0.717, 1.165) is 35.3 Å². The van der Waals surface area contributed by atoms with Crippen molar-refractivity contribution >= 4 is 23.3 Å². The third-order valence-electron chi connectivity index (χ3n) is 3.72. The number of aromatic hydroxyl groups is 1. The maximum atomic E-state index is 9.81. The molecule has 0 saturated heterocycles. The first-order valence-corrected chi connectivity index (χ1v) is 8.94. The molecule has 0 saturated carbocycles. The SMILES string of the molecule is CCCC(=N\[NH+]=C(N)N)/C(=C\c1ccc(O)c(OC)c1)c1ccccc1.O=[N+]([O-])[O-]. The Morgan fingerprint density at radius 3 is 2.40 bits per heavy atom. The van der Waals surface area contributed by atoms with Crippen LogP contribution >= 0.6 is 0 Å². The lowest BCUT2D eigenvalue weighted by atomic mass is 9.96. The maximum Gasteiger partial charge on any atom is 0.362 e. The van der Waals surface area contributed by atoms with Crippen LogP contribution in [0.4, 0.5) is 0 Å². The van der Waals surface area contributed by atoms with Gasteiger partial charge < -0.3 is 25.2 Å². The fourth-order valence-corrected chi connectivity index (χ4v) is 2.52. The summed E-state index contributed by atoms with van der Waals surface area (Å²) in [5, 5.41) is 31.6. The monoisotopic (exact) mass is 415 g/mol. The molecular formula is C20H25N5O5. The van der Waals surface area contributed by atoms with Gasteiger partial charge >= 0.3 is 5.96 Å². The molecular weight excluding hydrogens is 390 g/mol. The summed E-state index contributed by atoms with van der Waals surface area (Å²) < 4.78 is 5.20. The van der Waals surface area contributed by atoms with Gasteiger partial charge in [0, 0.05) is 5.57 Å². The topological polar surface area (TPSA) is 174 Å². The molecule has 0 radical (unpaired) electrons. The Morgan fingerprint density at radius 2 is 1.87 bits per heavy atom. The molecule has 0 bridgehead atoms. The number of hydrogen-bond donors (Lipinski definition) is 4. The first-order chi connectivity index (χ1) is 14.3. The van der Waals surface area contributed by atoms with Gasteiger partial charge in [-0.1, -0.05) is 49.7 Å². The minimum atomic E-state index is -1.75. The lowest BCUT2D eigenvalue weighted by Crippen LogP contribution is -2.73. The number of phenolic OH excluding ortho intramolecular Hbond substituents is 1. The lowest BCUT2D eigenvalue weighted by Gasteiger charge is -2.11. The molecule has 0 unspecified atom stereocenters. The summed E-state index contributed by atoms with van der Waals surface area (Å²) in [6.07, 6.45) is 3.66. The van der Waals surface area contributed by atoms with Crippen molar-refractivity contribution in [1.29, 1.82) is 0 Å². The van der Waals surface area contributed by atoms with Crippen LogP contribution in [0.25, 0.3) is 11.6 Å². The van der Waals surface area contributed by atoms with Gasteiger partial charge in [-0.2, -0.15) is 5.10 Å². The van der Waals surface area contributed by atoms with Gasteiger partial charge in [0.1, 0.15) is 0 Å². The van der Waals surface area contributed by atoms with Crippen LogP contribution in [-0.4, -0.2) is 29.0 Å². The summed E-state index contributed by atoms with van der Waals surface area (Å²) in [7, 11) is 1.52. The van der Waals surface area contributed by atoms with Crippen LogP contribution in [0.5, 0.6) is 11.5 Å². The molecule has 0 aliphatic carbocycles. The largest absolute Gasteiger partial charge is 0.504 e. The molecule has 0 amide bonds. The van der Waals surface area contributed by atoms with Gasteiger partial charge in [0.25, 0.3) is 0 Å². The molecule has 0 heterocycles. The summed E-state index contributed by atoms with van der Waals surface area (Å²) in [5.41, 5.74) is 14.7.